The molecular weight excluding hydrogens is 468 g/mol. The van der Waals surface area contributed by atoms with Gasteiger partial charge in [0.1, 0.15) is 0 Å². The van der Waals surface area contributed by atoms with Crippen molar-refractivity contribution >= 4 is 21.6 Å². The number of nitrogens with zero attached hydrogens (tertiary/aromatic N) is 1. The van der Waals surface area contributed by atoms with Gasteiger partial charge in [0.25, 0.3) is 5.91 Å². The van der Waals surface area contributed by atoms with E-state index in [2.05, 4.69) is 5.32 Å². The van der Waals surface area contributed by atoms with Crippen molar-refractivity contribution in [3.8, 4) is 0 Å². The number of para-hydroxylation sites is 1. The molecule has 1 N–H and O–H groups in total. The third-order valence-corrected chi connectivity index (χ3v) is 7.29. The average Bonchev–Trinajstić information content (AvgIpc) is 2.87. The van der Waals surface area contributed by atoms with Gasteiger partial charge in [-0.05, 0) is 53.8 Å². The molecular formula is C30H30N2O3S. The Bertz CT molecular complexity index is 1380. The number of carbonyl (C=O) groups is 1. The fourth-order valence-corrected chi connectivity index (χ4v) is 5.36. The molecule has 0 spiro atoms. The third kappa shape index (κ3) is 5.83. The third-order valence-electron chi connectivity index (χ3n) is 6.17. The summed E-state index contributed by atoms with van der Waals surface area (Å²) >= 11 is 0. The summed E-state index contributed by atoms with van der Waals surface area (Å²) in [4.78, 5) is 13.2. The highest BCUT2D eigenvalue weighted by Crippen LogP contribution is 2.28. The number of hydrogen-bond donors (Lipinski definition) is 1. The monoisotopic (exact) mass is 498 g/mol. The second-order valence-corrected chi connectivity index (χ2v) is 10.8. The average molecular weight is 499 g/mol. The highest BCUT2D eigenvalue weighted by molar-refractivity contribution is 7.92. The highest BCUT2D eigenvalue weighted by Gasteiger charge is 2.22. The molecule has 4 rings (SSSR count). The van der Waals surface area contributed by atoms with Gasteiger partial charge < -0.3 is 5.32 Å². The van der Waals surface area contributed by atoms with Crippen molar-refractivity contribution < 1.29 is 13.2 Å². The summed E-state index contributed by atoms with van der Waals surface area (Å²) in [6.07, 6.45) is 1.22. The van der Waals surface area contributed by atoms with E-state index in [4.69, 9.17) is 0 Å². The summed E-state index contributed by atoms with van der Waals surface area (Å²) in [5, 5.41) is 3.15. The molecule has 0 atom stereocenters. The first-order valence-corrected chi connectivity index (χ1v) is 13.6. The Kier molecular flexibility index (Phi) is 7.55. The topological polar surface area (TPSA) is 66.5 Å². The van der Waals surface area contributed by atoms with Gasteiger partial charge in [-0.2, -0.15) is 0 Å². The van der Waals surface area contributed by atoms with E-state index in [0.29, 0.717) is 11.3 Å². The molecule has 0 aliphatic heterocycles. The second kappa shape index (κ2) is 10.8. The van der Waals surface area contributed by atoms with Crippen LogP contribution >= 0.6 is 0 Å². The Hall–Kier alpha value is -3.90. The molecule has 0 aliphatic rings. The first kappa shape index (κ1) is 25.2. The zero-order valence-corrected chi connectivity index (χ0v) is 21.5. The van der Waals surface area contributed by atoms with Crippen LogP contribution in [0.2, 0.25) is 0 Å². The fraction of sp³-hybridized carbons (Fsp3) is 0.167. The first-order chi connectivity index (χ1) is 17.2. The zero-order chi connectivity index (χ0) is 25.7. The Labute approximate surface area is 213 Å². The normalized spacial score (nSPS) is 11.3. The van der Waals surface area contributed by atoms with Gasteiger partial charge in [0, 0.05) is 5.56 Å². The molecule has 0 fully saturated rings. The van der Waals surface area contributed by atoms with Crippen molar-refractivity contribution in [2.75, 3.05) is 10.6 Å². The number of sulfonamides is 1. The van der Waals surface area contributed by atoms with Crippen LogP contribution in [0.3, 0.4) is 0 Å². The quantitative estimate of drug-likeness (QED) is 0.334. The molecule has 6 heteroatoms. The van der Waals surface area contributed by atoms with Crippen molar-refractivity contribution in [1.82, 2.24) is 5.32 Å². The molecule has 0 bridgehead atoms. The van der Waals surface area contributed by atoms with Crippen molar-refractivity contribution in [3.63, 3.8) is 0 Å². The number of hydrogen-bond acceptors (Lipinski definition) is 3. The fourth-order valence-electron chi connectivity index (χ4n) is 4.35. The number of anilines is 1. The van der Waals surface area contributed by atoms with E-state index < -0.39 is 10.0 Å². The summed E-state index contributed by atoms with van der Waals surface area (Å²) in [6, 6.07) is 32.2. The van der Waals surface area contributed by atoms with Gasteiger partial charge in [-0.25, -0.2) is 8.42 Å². The molecule has 0 saturated heterocycles. The molecule has 1 amide bonds. The Morgan fingerprint density at radius 2 is 1.25 bits per heavy atom. The lowest BCUT2D eigenvalue weighted by atomic mass is 9.98. The molecule has 0 aliphatic carbocycles. The maximum atomic E-state index is 13.2. The SMILES string of the molecule is Cc1cccc(C)c1N(Cc1ccc(C(=O)NC(c2ccccc2)c2ccccc2)cc1)S(C)(=O)=O. The van der Waals surface area contributed by atoms with E-state index in [0.717, 1.165) is 27.8 Å². The van der Waals surface area contributed by atoms with Gasteiger partial charge in [0.2, 0.25) is 10.0 Å². The second-order valence-electron chi connectivity index (χ2n) is 8.93. The maximum Gasteiger partial charge on any atom is 0.252 e. The molecule has 0 radical (unpaired) electrons. The Morgan fingerprint density at radius 3 is 1.72 bits per heavy atom. The van der Waals surface area contributed by atoms with E-state index >= 15 is 0 Å². The van der Waals surface area contributed by atoms with E-state index in [1.165, 1.54) is 10.6 Å². The van der Waals surface area contributed by atoms with Gasteiger partial charge in [-0.15, -0.1) is 0 Å². The summed E-state index contributed by atoms with van der Waals surface area (Å²) < 4.78 is 26.8. The predicted octanol–water partition coefficient (Wildman–Crippen LogP) is 5.79. The van der Waals surface area contributed by atoms with E-state index in [-0.39, 0.29) is 18.5 Å². The molecule has 5 nitrogen and oxygen atoms in total. The number of benzene rings is 4. The summed E-state index contributed by atoms with van der Waals surface area (Å²) in [7, 11) is -3.51. The van der Waals surface area contributed by atoms with Gasteiger partial charge in [0.15, 0.2) is 0 Å². The van der Waals surface area contributed by atoms with Gasteiger partial charge in [-0.1, -0.05) is 91.0 Å². The van der Waals surface area contributed by atoms with Crippen molar-refractivity contribution in [3.05, 3.63) is 137 Å². The minimum atomic E-state index is -3.51. The molecule has 4 aromatic rings. The van der Waals surface area contributed by atoms with Crippen molar-refractivity contribution in [2.24, 2.45) is 0 Å². The summed E-state index contributed by atoms with van der Waals surface area (Å²) in [6.45, 7) is 4.00. The van der Waals surface area contributed by atoms with Crippen LogP contribution in [-0.2, 0) is 16.6 Å². The van der Waals surface area contributed by atoms with E-state index in [1.807, 2.05) is 92.7 Å². The van der Waals surface area contributed by atoms with Crippen LogP contribution in [-0.4, -0.2) is 20.6 Å². The molecule has 0 aromatic heterocycles. The van der Waals surface area contributed by atoms with Gasteiger partial charge in [0.05, 0.1) is 24.5 Å². The molecule has 0 saturated carbocycles. The van der Waals surface area contributed by atoms with Crippen molar-refractivity contribution in [2.45, 2.75) is 26.4 Å². The molecule has 184 valence electrons. The Balaban J connectivity index is 1.56. The molecule has 36 heavy (non-hydrogen) atoms. The number of aryl methyl sites for hydroxylation is 2. The van der Waals surface area contributed by atoms with E-state index in [1.54, 1.807) is 24.3 Å². The van der Waals surface area contributed by atoms with Gasteiger partial charge in [-0.3, -0.25) is 9.10 Å². The minimum absolute atomic E-state index is 0.184. The number of carbonyl (C=O) groups excluding carboxylic acids is 1. The predicted molar refractivity (Wildman–Crippen MR) is 146 cm³/mol. The summed E-state index contributed by atoms with van der Waals surface area (Å²) in [5.74, 6) is -0.200. The Morgan fingerprint density at radius 1 is 0.750 bits per heavy atom. The van der Waals surface area contributed by atoms with Crippen molar-refractivity contribution in [1.29, 1.82) is 0 Å². The number of nitrogens with one attached hydrogen (secondary N) is 1. The van der Waals surface area contributed by atoms with Crippen LogP contribution in [0, 0.1) is 13.8 Å². The maximum absolute atomic E-state index is 13.2. The number of amides is 1. The standard InChI is InChI=1S/C30H30N2O3S/c1-22-11-10-12-23(2)29(22)32(36(3,34)35)21-24-17-19-27(20-18-24)30(33)31-28(25-13-6-4-7-14-25)26-15-8-5-9-16-26/h4-20,28H,21H2,1-3H3,(H,31,33). The zero-order valence-electron chi connectivity index (χ0n) is 20.7. The highest BCUT2D eigenvalue weighted by atomic mass is 32.2. The van der Waals surface area contributed by atoms with Crippen LogP contribution in [0.15, 0.2) is 103 Å². The van der Waals surface area contributed by atoms with Crippen LogP contribution in [0.25, 0.3) is 0 Å². The lowest BCUT2D eigenvalue weighted by molar-refractivity contribution is 0.0943. The largest absolute Gasteiger partial charge is 0.341 e. The number of rotatable bonds is 8. The summed E-state index contributed by atoms with van der Waals surface area (Å²) in [5.41, 5.74) is 5.76. The van der Waals surface area contributed by atoms with Gasteiger partial charge >= 0.3 is 0 Å². The molecule has 4 aromatic carbocycles. The van der Waals surface area contributed by atoms with E-state index in [9.17, 15) is 13.2 Å². The minimum Gasteiger partial charge on any atom is -0.341 e. The lowest BCUT2D eigenvalue weighted by Crippen LogP contribution is -2.31. The molecule has 0 unspecified atom stereocenters. The van der Waals surface area contributed by atoms with Crippen LogP contribution in [0.5, 0.6) is 0 Å². The first-order valence-electron chi connectivity index (χ1n) is 11.8. The van der Waals surface area contributed by atoms with Crippen LogP contribution in [0.1, 0.15) is 44.2 Å². The molecule has 0 heterocycles. The van der Waals surface area contributed by atoms with Crippen LogP contribution < -0.4 is 9.62 Å². The smallest absolute Gasteiger partial charge is 0.252 e. The lowest BCUT2D eigenvalue weighted by Gasteiger charge is -2.26. The van der Waals surface area contributed by atoms with Crippen LogP contribution in [0.4, 0.5) is 5.69 Å².